The lowest BCUT2D eigenvalue weighted by Crippen LogP contribution is -2.44. The van der Waals surface area contributed by atoms with Crippen LogP contribution < -0.4 is 5.32 Å². The van der Waals surface area contributed by atoms with Crippen molar-refractivity contribution in [3.8, 4) is 0 Å². The van der Waals surface area contributed by atoms with Crippen LogP contribution in [0.5, 0.6) is 0 Å². The molecule has 2 amide bonds. The summed E-state index contributed by atoms with van der Waals surface area (Å²) in [7, 11) is 0. The Hall–Kier alpha value is -1.91. The van der Waals surface area contributed by atoms with E-state index >= 15 is 0 Å². The first kappa shape index (κ1) is 17.4. The summed E-state index contributed by atoms with van der Waals surface area (Å²) in [6.07, 6.45) is 5.93. The first-order chi connectivity index (χ1) is 11.1. The molecule has 1 N–H and O–H groups in total. The quantitative estimate of drug-likeness (QED) is 0.876. The predicted molar refractivity (Wildman–Crippen MR) is 87.4 cm³/mol. The van der Waals surface area contributed by atoms with Crippen LogP contribution in [0.4, 0.5) is 4.39 Å². The number of hydrogen-bond donors (Lipinski definition) is 1. The summed E-state index contributed by atoms with van der Waals surface area (Å²) in [5.41, 5.74) is 0.777. The summed E-state index contributed by atoms with van der Waals surface area (Å²) in [5, 5.41) is 2.84. The molecular weight excluding hydrogens is 295 g/mol. The van der Waals surface area contributed by atoms with E-state index in [4.69, 9.17) is 0 Å². The highest BCUT2D eigenvalue weighted by atomic mass is 19.1. The number of carbonyl (C=O) groups excluding carboxylic acids is 2. The second-order valence-electron chi connectivity index (χ2n) is 6.16. The van der Waals surface area contributed by atoms with Crippen LogP contribution in [-0.4, -0.2) is 35.8 Å². The van der Waals surface area contributed by atoms with Crippen molar-refractivity contribution >= 4 is 11.8 Å². The van der Waals surface area contributed by atoms with Crippen LogP contribution in [0.2, 0.25) is 0 Å². The molecule has 23 heavy (non-hydrogen) atoms. The second-order valence-corrected chi connectivity index (χ2v) is 6.16. The summed E-state index contributed by atoms with van der Waals surface area (Å²) in [6.45, 7) is 2.60. The van der Waals surface area contributed by atoms with E-state index in [0.717, 1.165) is 18.4 Å². The molecule has 0 atom stereocenters. The molecule has 0 heterocycles. The minimum Gasteiger partial charge on any atom is -0.354 e. The van der Waals surface area contributed by atoms with Gasteiger partial charge in [-0.1, -0.05) is 31.4 Å². The predicted octanol–water partition coefficient (Wildman–Crippen LogP) is 2.67. The molecule has 0 spiro atoms. The van der Waals surface area contributed by atoms with Gasteiger partial charge in [-0.05, 0) is 30.5 Å². The van der Waals surface area contributed by atoms with E-state index in [-0.39, 0.29) is 24.1 Å². The maximum Gasteiger partial charge on any atom is 0.224 e. The van der Waals surface area contributed by atoms with Gasteiger partial charge in [-0.2, -0.15) is 0 Å². The molecule has 1 aromatic rings. The SMILES string of the molecule is CC(=O)N(CCNC(=O)Cc1ccc(F)cc1)C1CCCCC1. The van der Waals surface area contributed by atoms with E-state index in [0.29, 0.717) is 19.1 Å². The number of halogens is 1. The Kier molecular flexibility index (Phi) is 6.56. The number of carbonyl (C=O) groups is 2. The van der Waals surface area contributed by atoms with Crippen molar-refractivity contribution in [2.45, 2.75) is 51.5 Å². The lowest BCUT2D eigenvalue weighted by Gasteiger charge is -2.33. The molecule has 4 nitrogen and oxygen atoms in total. The van der Waals surface area contributed by atoms with Crippen molar-refractivity contribution in [1.82, 2.24) is 10.2 Å². The van der Waals surface area contributed by atoms with Crippen LogP contribution in [0.15, 0.2) is 24.3 Å². The molecule has 5 heteroatoms. The highest BCUT2D eigenvalue weighted by Gasteiger charge is 2.22. The third-order valence-electron chi connectivity index (χ3n) is 4.37. The van der Waals surface area contributed by atoms with Gasteiger partial charge >= 0.3 is 0 Å². The summed E-state index contributed by atoms with van der Waals surface area (Å²) in [4.78, 5) is 25.6. The summed E-state index contributed by atoms with van der Waals surface area (Å²) < 4.78 is 12.8. The fourth-order valence-electron chi connectivity index (χ4n) is 3.16. The Balaban J connectivity index is 1.76. The zero-order valence-corrected chi connectivity index (χ0v) is 13.7. The van der Waals surface area contributed by atoms with Gasteiger partial charge in [0, 0.05) is 26.1 Å². The molecule has 1 saturated carbocycles. The Morgan fingerprint density at radius 1 is 1.17 bits per heavy atom. The van der Waals surface area contributed by atoms with E-state index in [9.17, 15) is 14.0 Å². The lowest BCUT2D eigenvalue weighted by molar-refractivity contribution is -0.132. The molecule has 0 aliphatic heterocycles. The average Bonchev–Trinajstić information content (AvgIpc) is 2.54. The van der Waals surface area contributed by atoms with Gasteiger partial charge in [0.1, 0.15) is 5.82 Å². The number of nitrogens with one attached hydrogen (secondary N) is 1. The fourth-order valence-corrected chi connectivity index (χ4v) is 3.16. The number of rotatable bonds is 6. The summed E-state index contributed by atoms with van der Waals surface area (Å²) in [5.74, 6) is -0.341. The maximum absolute atomic E-state index is 12.8. The Labute approximate surface area is 137 Å². The number of hydrogen-bond acceptors (Lipinski definition) is 2. The van der Waals surface area contributed by atoms with Gasteiger partial charge in [0.2, 0.25) is 11.8 Å². The third-order valence-corrected chi connectivity index (χ3v) is 4.37. The zero-order valence-electron chi connectivity index (χ0n) is 13.7. The third kappa shape index (κ3) is 5.66. The standard InChI is InChI=1S/C18H25FN2O2/c1-14(22)21(17-5-3-2-4-6-17)12-11-20-18(23)13-15-7-9-16(19)10-8-15/h7-10,17H,2-6,11-13H2,1H3,(H,20,23). The fraction of sp³-hybridized carbons (Fsp3) is 0.556. The van der Waals surface area contributed by atoms with Crippen molar-refractivity contribution in [3.63, 3.8) is 0 Å². The van der Waals surface area contributed by atoms with Gasteiger partial charge in [0.25, 0.3) is 0 Å². The number of benzene rings is 1. The molecule has 0 bridgehead atoms. The van der Waals surface area contributed by atoms with Gasteiger partial charge in [0.15, 0.2) is 0 Å². The van der Waals surface area contributed by atoms with Crippen molar-refractivity contribution in [2.75, 3.05) is 13.1 Å². The molecule has 1 fully saturated rings. The Morgan fingerprint density at radius 3 is 2.43 bits per heavy atom. The van der Waals surface area contributed by atoms with E-state index < -0.39 is 0 Å². The molecule has 0 aromatic heterocycles. The summed E-state index contributed by atoms with van der Waals surface area (Å²) in [6, 6.07) is 6.24. The summed E-state index contributed by atoms with van der Waals surface area (Å²) >= 11 is 0. The molecule has 0 saturated heterocycles. The van der Waals surface area contributed by atoms with Gasteiger partial charge < -0.3 is 10.2 Å². The molecular formula is C18H25FN2O2. The molecule has 1 aromatic carbocycles. The maximum atomic E-state index is 12.8. The van der Waals surface area contributed by atoms with E-state index in [1.165, 1.54) is 31.4 Å². The monoisotopic (exact) mass is 320 g/mol. The van der Waals surface area contributed by atoms with Crippen LogP contribution in [0.1, 0.15) is 44.6 Å². The normalized spacial score (nSPS) is 15.2. The second kappa shape index (κ2) is 8.65. The van der Waals surface area contributed by atoms with Gasteiger partial charge in [-0.3, -0.25) is 9.59 Å². The van der Waals surface area contributed by atoms with Crippen molar-refractivity contribution in [2.24, 2.45) is 0 Å². The molecule has 2 rings (SSSR count). The zero-order chi connectivity index (χ0) is 16.7. The first-order valence-corrected chi connectivity index (χ1v) is 8.34. The highest BCUT2D eigenvalue weighted by Crippen LogP contribution is 2.22. The van der Waals surface area contributed by atoms with Crippen LogP contribution in [-0.2, 0) is 16.0 Å². The molecule has 1 aliphatic rings. The smallest absolute Gasteiger partial charge is 0.224 e. The van der Waals surface area contributed by atoms with Crippen molar-refractivity contribution in [1.29, 1.82) is 0 Å². The Bertz CT molecular complexity index is 524. The van der Waals surface area contributed by atoms with Crippen LogP contribution >= 0.6 is 0 Å². The topological polar surface area (TPSA) is 49.4 Å². The van der Waals surface area contributed by atoms with E-state index in [1.807, 2.05) is 4.90 Å². The molecule has 0 unspecified atom stereocenters. The molecule has 126 valence electrons. The van der Waals surface area contributed by atoms with E-state index in [2.05, 4.69) is 5.32 Å². The van der Waals surface area contributed by atoms with Crippen LogP contribution in [0, 0.1) is 5.82 Å². The Morgan fingerprint density at radius 2 is 1.83 bits per heavy atom. The molecule has 0 radical (unpaired) electrons. The van der Waals surface area contributed by atoms with Crippen molar-refractivity contribution < 1.29 is 14.0 Å². The minimum absolute atomic E-state index is 0.0738. The average molecular weight is 320 g/mol. The number of nitrogens with zero attached hydrogens (tertiary/aromatic N) is 1. The first-order valence-electron chi connectivity index (χ1n) is 8.34. The minimum atomic E-state index is -0.307. The van der Waals surface area contributed by atoms with E-state index in [1.54, 1.807) is 19.1 Å². The van der Waals surface area contributed by atoms with Gasteiger partial charge in [-0.15, -0.1) is 0 Å². The van der Waals surface area contributed by atoms with Gasteiger partial charge in [0.05, 0.1) is 6.42 Å². The van der Waals surface area contributed by atoms with Crippen molar-refractivity contribution in [3.05, 3.63) is 35.6 Å². The van der Waals surface area contributed by atoms with Gasteiger partial charge in [-0.25, -0.2) is 4.39 Å². The molecule has 1 aliphatic carbocycles. The number of amides is 2. The largest absolute Gasteiger partial charge is 0.354 e. The lowest BCUT2D eigenvalue weighted by atomic mass is 9.94. The van der Waals surface area contributed by atoms with Crippen LogP contribution in [0.3, 0.4) is 0 Å². The van der Waals surface area contributed by atoms with Crippen LogP contribution in [0.25, 0.3) is 0 Å². The highest BCUT2D eigenvalue weighted by molar-refractivity contribution is 5.78.